The highest BCUT2D eigenvalue weighted by Crippen LogP contribution is 2.21. The van der Waals surface area contributed by atoms with Gasteiger partial charge in [0.25, 0.3) is 0 Å². The van der Waals surface area contributed by atoms with Crippen molar-refractivity contribution in [1.82, 2.24) is 15.1 Å². The molecule has 6 nitrogen and oxygen atoms in total. The van der Waals surface area contributed by atoms with Crippen molar-refractivity contribution < 1.29 is 9.90 Å². The monoisotopic (exact) mass is 343 g/mol. The van der Waals surface area contributed by atoms with Crippen LogP contribution < -0.4 is 10.7 Å². The lowest BCUT2D eigenvalue weighted by Gasteiger charge is -2.23. The summed E-state index contributed by atoms with van der Waals surface area (Å²) in [4.78, 5) is 24.0. The van der Waals surface area contributed by atoms with Gasteiger partial charge in [0.05, 0.1) is 18.3 Å². The van der Waals surface area contributed by atoms with Crippen molar-refractivity contribution in [2.75, 3.05) is 6.54 Å². The first-order valence-electron chi connectivity index (χ1n) is 7.44. The summed E-state index contributed by atoms with van der Waals surface area (Å²) < 4.78 is 1.48. The highest BCUT2D eigenvalue weighted by molar-refractivity contribution is 7.08. The summed E-state index contributed by atoms with van der Waals surface area (Å²) in [6.45, 7) is 1.73. The van der Waals surface area contributed by atoms with Crippen molar-refractivity contribution >= 4 is 28.1 Å². The minimum atomic E-state index is -1.13. The number of benzene rings is 1. The molecule has 7 heteroatoms. The lowest BCUT2D eigenvalue weighted by molar-refractivity contribution is -0.123. The maximum atomic E-state index is 12.2. The molecule has 1 aromatic carbocycles. The second-order valence-corrected chi connectivity index (χ2v) is 6.53. The van der Waals surface area contributed by atoms with Gasteiger partial charge in [-0.15, -0.1) is 0 Å². The van der Waals surface area contributed by atoms with E-state index in [0.29, 0.717) is 10.9 Å². The molecule has 0 spiro atoms. The molecular formula is C17H17N3O3S. The van der Waals surface area contributed by atoms with Crippen LogP contribution in [0.2, 0.25) is 0 Å². The van der Waals surface area contributed by atoms with E-state index in [1.807, 2.05) is 16.8 Å². The molecule has 1 unspecified atom stereocenters. The second kappa shape index (κ2) is 6.54. The van der Waals surface area contributed by atoms with Gasteiger partial charge in [0.1, 0.15) is 12.1 Å². The first-order chi connectivity index (χ1) is 11.5. The minimum absolute atomic E-state index is 0.0273. The van der Waals surface area contributed by atoms with Gasteiger partial charge in [-0.25, -0.2) is 0 Å². The van der Waals surface area contributed by atoms with E-state index < -0.39 is 5.60 Å². The summed E-state index contributed by atoms with van der Waals surface area (Å²) in [5.41, 5.74) is 0.0569. The van der Waals surface area contributed by atoms with Gasteiger partial charge in [-0.2, -0.15) is 16.4 Å². The standard InChI is InChI=1S/C17H17N3O3S/c1-17(23,12-6-7-24-10-12)11-18-16(22)9-20-14-5-3-2-4-13(14)15(21)8-19-20/h2-8,10,23H,9,11H2,1H3,(H,18,22). The number of hydrogen-bond donors (Lipinski definition) is 2. The van der Waals surface area contributed by atoms with Crippen LogP contribution in [0.3, 0.4) is 0 Å². The highest BCUT2D eigenvalue weighted by atomic mass is 32.1. The fraction of sp³-hybridized carbons (Fsp3) is 0.235. The number of rotatable bonds is 5. The normalized spacial score (nSPS) is 13.6. The third kappa shape index (κ3) is 3.37. The van der Waals surface area contributed by atoms with Crippen LogP contribution in [0.25, 0.3) is 10.9 Å². The third-order valence-electron chi connectivity index (χ3n) is 3.83. The molecule has 0 aliphatic heterocycles. The molecule has 1 atom stereocenters. The Kier molecular flexibility index (Phi) is 4.46. The Bertz CT molecular complexity index is 916. The zero-order chi connectivity index (χ0) is 17.2. The molecule has 2 heterocycles. The Balaban J connectivity index is 1.72. The average Bonchev–Trinajstić information content (AvgIpc) is 3.11. The Hall–Kier alpha value is -2.51. The number of fused-ring (bicyclic) bond motifs is 1. The number of hydrogen-bond acceptors (Lipinski definition) is 5. The highest BCUT2D eigenvalue weighted by Gasteiger charge is 2.24. The predicted octanol–water partition coefficient (Wildman–Crippen LogP) is 1.48. The molecule has 0 fully saturated rings. The number of amides is 1. The van der Waals surface area contributed by atoms with E-state index >= 15 is 0 Å². The molecule has 3 rings (SSSR count). The molecule has 0 bridgehead atoms. The molecule has 124 valence electrons. The van der Waals surface area contributed by atoms with Crippen LogP contribution in [0, 0.1) is 0 Å². The van der Waals surface area contributed by atoms with Crippen LogP contribution in [0.4, 0.5) is 0 Å². The molecule has 0 aliphatic rings. The van der Waals surface area contributed by atoms with Crippen molar-refractivity contribution in [1.29, 1.82) is 0 Å². The number of thiophene rings is 1. The number of aromatic nitrogens is 2. The van der Waals surface area contributed by atoms with Crippen molar-refractivity contribution in [3.8, 4) is 0 Å². The summed E-state index contributed by atoms with van der Waals surface area (Å²) in [5.74, 6) is -0.285. The number of nitrogens with one attached hydrogen (secondary N) is 1. The number of nitrogens with zero attached hydrogens (tertiary/aromatic N) is 2. The van der Waals surface area contributed by atoms with E-state index in [1.54, 1.807) is 31.2 Å². The van der Waals surface area contributed by atoms with Gasteiger partial charge >= 0.3 is 0 Å². The third-order valence-corrected chi connectivity index (χ3v) is 4.51. The molecule has 0 saturated heterocycles. The predicted molar refractivity (Wildman–Crippen MR) is 92.9 cm³/mol. The number of aliphatic hydroxyl groups is 1. The topological polar surface area (TPSA) is 84.2 Å². The van der Waals surface area contributed by atoms with E-state index in [9.17, 15) is 14.7 Å². The molecule has 2 aromatic heterocycles. The Morgan fingerprint density at radius 2 is 2.17 bits per heavy atom. The van der Waals surface area contributed by atoms with E-state index in [0.717, 1.165) is 5.56 Å². The fourth-order valence-electron chi connectivity index (χ4n) is 2.42. The molecular weight excluding hydrogens is 326 g/mol. The van der Waals surface area contributed by atoms with Crippen LogP contribution >= 0.6 is 11.3 Å². The largest absolute Gasteiger partial charge is 0.384 e. The van der Waals surface area contributed by atoms with Gasteiger partial charge in [-0.3, -0.25) is 14.3 Å². The van der Waals surface area contributed by atoms with Gasteiger partial charge in [-0.05, 0) is 41.4 Å². The van der Waals surface area contributed by atoms with E-state index in [1.165, 1.54) is 22.2 Å². The second-order valence-electron chi connectivity index (χ2n) is 5.75. The van der Waals surface area contributed by atoms with Crippen LogP contribution in [-0.4, -0.2) is 27.3 Å². The Morgan fingerprint density at radius 3 is 2.92 bits per heavy atom. The van der Waals surface area contributed by atoms with Gasteiger partial charge in [0.15, 0.2) is 0 Å². The minimum Gasteiger partial charge on any atom is -0.384 e. The van der Waals surface area contributed by atoms with Crippen molar-refractivity contribution in [3.05, 3.63) is 63.1 Å². The maximum Gasteiger partial charge on any atom is 0.241 e. The fourth-order valence-corrected chi connectivity index (χ4v) is 3.21. The zero-order valence-electron chi connectivity index (χ0n) is 13.1. The summed E-state index contributed by atoms with van der Waals surface area (Å²) in [6, 6.07) is 8.84. The molecule has 3 aromatic rings. The van der Waals surface area contributed by atoms with Crippen molar-refractivity contribution in [3.63, 3.8) is 0 Å². The number of carbonyl (C=O) groups is 1. The molecule has 1 amide bonds. The lowest BCUT2D eigenvalue weighted by atomic mass is 9.99. The van der Waals surface area contributed by atoms with Crippen molar-refractivity contribution in [2.45, 2.75) is 19.1 Å². The van der Waals surface area contributed by atoms with Crippen LogP contribution in [-0.2, 0) is 16.9 Å². The molecule has 2 N–H and O–H groups in total. The first kappa shape index (κ1) is 16.4. The zero-order valence-corrected chi connectivity index (χ0v) is 13.9. The summed E-state index contributed by atoms with van der Waals surface area (Å²) in [5, 5.41) is 21.4. The summed E-state index contributed by atoms with van der Waals surface area (Å²) in [7, 11) is 0. The molecule has 0 saturated carbocycles. The number of carbonyl (C=O) groups excluding carboxylic acids is 1. The average molecular weight is 343 g/mol. The molecule has 0 aliphatic carbocycles. The summed E-state index contributed by atoms with van der Waals surface area (Å²) in [6.07, 6.45) is 1.21. The van der Waals surface area contributed by atoms with Crippen molar-refractivity contribution in [2.24, 2.45) is 0 Å². The quantitative estimate of drug-likeness (QED) is 0.735. The molecule has 24 heavy (non-hydrogen) atoms. The summed E-state index contributed by atoms with van der Waals surface area (Å²) >= 11 is 1.49. The number of para-hydroxylation sites is 1. The van der Waals surface area contributed by atoms with E-state index in [4.69, 9.17) is 0 Å². The SMILES string of the molecule is CC(O)(CNC(=O)Cn1ncc(=O)c2ccccc21)c1ccsc1. The van der Waals surface area contributed by atoms with Gasteiger partial charge in [-0.1, -0.05) is 12.1 Å². The first-order valence-corrected chi connectivity index (χ1v) is 8.38. The van der Waals surface area contributed by atoms with Gasteiger partial charge < -0.3 is 10.4 Å². The smallest absolute Gasteiger partial charge is 0.241 e. The van der Waals surface area contributed by atoms with Crippen LogP contribution in [0.1, 0.15) is 12.5 Å². The van der Waals surface area contributed by atoms with Crippen LogP contribution in [0.5, 0.6) is 0 Å². The van der Waals surface area contributed by atoms with E-state index in [-0.39, 0.29) is 24.4 Å². The Labute approximate surface area is 142 Å². The maximum absolute atomic E-state index is 12.2. The molecule has 0 radical (unpaired) electrons. The van der Waals surface area contributed by atoms with E-state index in [2.05, 4.69) is 10.4 Å². The van der Waals surface area contributed by atoms with Crippen LogP contribution in [0.15, 0.2) is 52.1 Å². The van der Waals surface area contributed by atoms with Gasteiger partial charge in [0, 0.05) is 5.39 Å². The Morgan fingerprint density at radius 1 is 1.38 bits per heavy atom. The van der Waals surface area contributed by atoms with Gasteiger partial charge in [0.2, 0.25) is 11.3 Å². The lowest BCUT2D eigenvalue weighted by Crippen LogP contribution is -2.40.